The van der Waals surface area contributed by atoms with Gasteiger partial charge in [0.1, 0.15) is 12.8 Å². The molecule has 3 N–H and O–H groups in total. The van der Waals surface area contributed by atoms with Gasteiger partial charge in [-0.3, -0.25) is 23.4 Å². The molecular formula is C12H21N2O8P. The molecule has 0 bridgehead atoms. The first-order chi connectivity index (χ1) is 10.7. The molecule has 1 aromatic rings. The quantitative estimate of drug-likeness (QED) is 0.516. The van der Waals surface area contributed by atoms with E-state index in [1.807, 2.05) is 0 Å². The fourth-order valence-electron chi connectivity index (χ4n) is 1.59. The Hall–Kier alpha value is -1.29. The number of rotatable bonds is 9. The van der Waals surface area contributed by atoms with Crippen molar-refractivity contribution in [3.8, 4) is 0 Å². The normalized spacial score (nSPS) is 16.7. The number of nitrogens with zero attached hydrogens (tertiary/aromatic N) is 1. The number of ether oxygens (including phenoxy) is 1. The fourth-order valence-corrected chi connectivity index (χ4v) is 2.32. The Morgan fingerprint density at radius 2 is 2.04 bits per heavy atom. The minimum Gasteiger partial charge on any atom is -0.391 e. The van der Waals surface area contributed by atoms with Crippen molar-refractivity contribution in [3.05, 3.63) is 32.6 Å². The second kappa shape index (κ2) is 8.53. The Balaban J connectivity index is 2.71. The highest BCUT2D eigenvalue weighted by Crippen LogP contribution is 2.43. The maximum Gasteiger partial charge on any atom is 0.472 e. The molecule has 0 saturated carbocycles. The lowest BCUT2D eigenvalue weighted by molar-refractivity contribution is -0.0818. The third-order valence-electron chi connectivity index (χ3n) is 2.85. The van der Waals surface area contributed by atoms with Gasteiger partial charge in [-0.1, -0.05) is 0 Å². The van der Waals surface area contributed by atoms with Gasteiger partial charge in [0.05, 0.1) is 19.3 Å². The number of aryl methyl sites for hydroxylation is 1. The van der Waals surface area contributed by atoms with Crippen molar-refractivity contribution < 1.29 is 28.3 Å². The maximum atomic E-state index is 11.6. The molecule has 0 saturated heterocycles. The summed E-state index contributed by atoms with van der Waals surface area (Å²) in [6, 6.07) is 0. The van der Waals surface area contributed by atoms with E-state index < -0.39 is 37.9 Å². The van der Waals surface area contributed by atoms with Gasteiger partial charge in [0, 0.05) is 11.8 Å². The van der Waals surface area contributed by atoms with Gasteiger partial charge in [-0.05, 0) is 20.8 Å². The molecule has 3 atom stereocenters. The molecular weight excluding hydrogens is 331 g/mol. The molecule has 11 heteroatoms. The molecule has 1 rings (SSSR count). The largest absolute Gasteiger partial charge is 0.472 e. The molecule has 132 valence electrons. The summed E-state index contributed by atoms with van der Waals surface area (Å²) < 4.78 is 27.1. The van der Waals surface area contributed by atoms with Gasteiger partial charge in [0.15, 0.2) is 0 Å². The van der Waals surface area contributed by atoms with Crippen molar-refractivity contribution in [2.24, 2.45) is 0 Å². The van der Waals surface area contributed by atoms with Gasteiger partial charge in [-0.15, -0.1) is 0 Å². The predicted molar refractivity (Wildman–Crippen MR) is 80.0 cm³/mol. The molecule has 0 aliphatic heterocycles. The number of phosphoric acid groups is 1. The van der Waals surface area contributed by atoms with E-state index in [9.17, 15) is 24.2 Å². The number of H-pyrrole nitrogens is 1. The van der Waals surface area contributed by atoms with Crippen LogP contribution in [0.4, 0.5) is 0 Å². The average Bonchev–Trinajstić information content (AvgIpc) is 2.43. The molecule has 1 aromatic heterocycles. The van der Waals surface area contributed by atoms with Gasteiger partial charge >= 0.3 is 13.5 Å². The smallest absolute Gasteiger partial charge is 0.391 e. The molecule has 0 amide bonds. The maximum absolute atomic E-state index is 11.6. The van der Waals surface area contributed by atoms with Crippen LogP contribution in [0.3, 0.4) is 0 Å². The highest BCUT2D eigenvalue weighted by Gasteiger charge is 2.25. The first-order valence-electron chi connectivity index (χ1n) is 6.88. The molecule has 1 heterocycles. The summed E-state index contributed by atoms with van der Waals surface area (Å²) in [6.07, 6.45) is -0.704. The van der Waals surface area contributed by atoms with Gasteiger partial charge < -0.3 is 14.7 Å². The van der Waals surface area contributed by atoms with E-state index >= 15 is 0 Å². The van der Waals surface area contributed by atoms with Crippen LogP contribution in [0.1, 0.15) is 19.4 Å². The van der Waals surface area contributed by atoms with E-state index in [0.717, 1.165) is 4.57 Å². The average molecular weight is 352 g/mol. The molecule has 0 spiro atoms. The van der Waals surface area contributed by atoms with Crippen molar-refractivity contribution in [2.75, 3.05) is 13.2 Å². The van der Waals surface area contributed by atoms with Crippen molar-refractivity contribution in [2.45, 2.75) is 39.7 Å². The van der Waals surface area contributed by atoms with Crippen LogP contribution in [0.5, 0.6) is 0 Å². The summed E-state index contributed by atoms with van der Waals surface area (Å²) >= 11 is 0. The van der Waals surface area contributed by atoms with Crippen LogP contribution < -0.4 is 11.2 Å². The van der Waals surface area contributed by atoms with Crippen molar-refractivity contribution >= 4 is 7.82 Å². The van der Waals surface area contributed by atoms with E-state index in [1.165, 1.54) is 27.0 Å². The molecule has 3 unspecified atom stereocenters. The third kappa shape index (κ3) is 6.38. The molecule has 0 fully saturated rings. The highest BCUT2D eigenvalue weighted by atomic mass is 31.2. The molecule has 23 heavy (non-hydrogen) atoms. The molecule has 10 nitrogen and oxygen atoms in total. The Kier molecular flexibility index (Phi) is 7.33. The molecule has 0 aliphatic carbocycles. The predicted octanol–water partition coefficient (Wildman–Crippen LogP) is -0.278. The molecule has 0 aromatic carbocycles. The summed E-state index contributed by atoms with van der Waals surface area (Å²) in [4.78, 5) is 34.3. The van der Waals surface area contributed by atoms with E-state index in [2.05, 4.69) is 9.51 Å². The van der Waals surface area contributed by atoms with Crippen LogP contribution in [0.25, 0.3) is 0 Å². The number of phosphoric ester groups is 1. The SMILES string of the molecule is CCOP(=O)(O)OCC(OCn1cc(C)c(=O)[nH]c1=O)C(C)O. The van der Waals surface area contributed by atoms with E-state index in [1.54, 1.807) is 0 Å². The second-order valence-corrected chi connectivity index (χ2v) is 6.25. The lowest BCUT2D eigenvalue weighted by atomic mass is 10.2. The standard InChI is InChI=1S/C12H21N2O8P/c1-4-21-23(18,19)22-6-10(9(3)15)20-7-14-5-8(2)11(16)13-12(14)17/h5,9-10,15H,4,6-7H2,1-3H3,(H,18,19)(H,13,16,17). The Morgan fingerprint density at radius 3 is 2.61 bits per heavy atom. The number of hydrogen-bond donors (Lipinski definition) is 3. The molecule has 0 aliphatic rings. The third-order valence-corrected chi connectivity index (χ3v) is 3.91. The lowest BCUT2D eigenvalue weighted by Crippen LogP contribution is -2.36. The summed E-state index contributed by atoms with van der Waals surface area (Å²) in [7, 11) is -4.21. The highest BCUT2D eigenvalue weighted by molar-refractivity contribution is 7.47. The first-order valence-corrected chi connectivity index (χ1v) is 8.37. The van der Waals surface area contributed by atoms with Crippen LogP contribution in [-0.4, -0.2) is 45.0 Å². The van der Waals surface area contributed by atoms with Gasteiger partial charge in [-0.25, -0.2) is 9.36 Å². The van der Waals surface area contributed by atoms with E-state index in [-0.39, 0.29) is 13.3 Å². The topological polar surface area (TPSA) is 140 Å². The number of nitrogens with one attached hydrogen (secondary N) is 1. The zero-order chi connectivity index (χ0) is 17.6. The zero-order valence-electron chi connectivity index (χ0n) is 13.1. The lowest BCUT2D eigenvalue weighted by Gasteiger charge is -2.22. The number of aliphatic hydroxyl groups excluding tert-OH is 1. The van der Waals surface area contributed by atoms with Crippen molar-refractivity contribution in [1.82, 2.24) is 9.55 Å². The Labute approximate surface area is 132 Å². The van der Waals surface area contributed by atoms with Gasteiger partial charge in [-0.2, -0.15) is 0 Å². The number of aromatic nitrogens is 2. The zero-order valence-corrected chi connectivity index (χ0v) is 14.0. The minimum atomic E-state index is -4.21. The minimum absolute atomic E-state index is 0.0139. The van der Waals surface area contributed by atoms with Crippen molar-refractivity contribution in [1.29, 1.82) is 0 Å². The van der Waals surface area contributed by atoms with Gasteiger partial charge in [0.25, 0.3) is 5.56 Å². The fraction of sp³-hybridized carbons (Fsp3) is 0.667. The van der Waals surface area contributed by atoms with Crippen LogP contribution >= 0.6 is 7.82 Å². The summed E-state index contributed by atoms with van der Waals surface area (Å²) in [6.45, 7) is 3.74. The first kappa shape index (κ1) is 19.8. The Morgan fingerprint density at radius 1 is 1.39 bits per heavy atom. The monoisotopic (exact) mass is 352 g/mol. The summed E-state index contributed by atoms with van der Waals surface area (Å²) in [5, 5.41) is 9.62. The van der Waals surface area contributed by atoms with Crippen molar-refractivity contribution in [3.63, 3.8) is 0 Å². The van der Waals surface area contributed by atoms with Crippen LogP contribution in [0.15, 0.2) is 15.8 Å². The van der Waals surface area contributed by atoms with Crippen LogP contribution in [0.2, 0.25) is 0 Å². The van der Waals surface area contributed by atoms with E-state index in [0.29, 0.717) is 5.56 Å². The van der Waals surface area contributed by atoms with E-state index in [4.69, 9.17) is 9.26 Å². The second-order valence-electron chi connectivity index (χ2n) is 4.80. The van der Waals surface area contributed by atoms with Crippen LogP contribution in [-0.2, 0) is 25.1 Å². The number of aliphatic hydroxyl groups is 1. The Bertz CT molecular complexity index is 668. The van der Waals surface area contributed by atoms with Crippen LogP contribution in [0, 0.1) is 6.92 Å². The summed E-state index contributed by atoms with van der Waals surface area (Å²) in [5.41, 5.74) is -0.859. The number of hydrogen-bond acceptors (Lipinski definition) is 7. The number of aromatic amines is 1. The molecule has 0 radical (unpaired) electrons. The summed E-state index contributed by atoms with van der Waals surface area (Å²) in [5.74, 6) is 0. The van der Waals surface area contributed by atoms with Gasteiger partial charge in [0.2, 0.25) is 0 Å².